The number of esters is 1. The van der Waals surface area contributed by atoms with Crippen LogP contribution in [-0.4, -0.2) is 24.7 Å². The Labute approximate surface area is 116 Å². The van der Waals surface area contributed by atoms with E-state index in [2.05, 4.69) is 12.2 Å². The van der Waals surface area contributed by atoms with Crippen LogP contribution in [0.1, 0.15) is 39.2 Å². The Morgan fingerprint density at radius 1 is 1.26 bits per heavy atom. The third-order valence-electron chi connectivity index (χ3n) is 2.84. The molecular weight excluding hydrogens is 238 g/mol. The van der Waals surface area contributed by atoms with Gasteiger partial charge in [-0.3, -0.25) is 4.79 Å². The smallest absolute Gasteiger partial charge is 0.323 e. The zero-order valence-electron chi connectivity index (χ0n) is 12.2. The first-order valence-electron chi connectivity index (χ1n) is 7.10. The zero-order valence-corrected chi connectivity index (χ0v) is 12.2. The van der Waals surface area contributed by atoms with Crippen LogP contribution in [0.5, 0.6) is 0 Å². The molecule has 106 valence electrons. The number of ether oxygens (including phenoxy) is 1. The van der Waals surface area contributed by atoms with Gasteiger partial charge in [-0.1, -0.05) is 57.5 Å². The van der Waals surface area contributed by atoms with Crippen molar-refractivity contribution in [2.24, 2.45) is 0 Å². The quantitative estimate of drug-likeness (QED) is 0.579. The Morgan fingerprint density at radius 3 is 2.53 bits per heavy atom. The molecular formula is C16H25NO2. The van der Waals surface area contributed by atoms with Crippen LogP contribution in [-0.2, 0) is 16.0 Å². The van der Waals surface area contributed by atoms with Crippen LogP contribution in [0.3, 0.4) is 0 Å². The van der Waals surface area contributed by atoms with Crippen molar-refractivity contribution < 1.29 is 9.53 Å². The van der Waals surface area contributed by atoms with E-state index in [1.165, 1.54) is 0 Å². The maximum absolute atomic E-state index is 12.1. The molecule has 19 heavy (non-hydrogen) atoms. The average Bonchev–Trinajstić information content (AvgIpc) is 2.39. The minimum Gasteiger partial charge on any atom is -0.465 e. The molecule has 0 radical (unpaired) electrons. The van der Waals surface area contributed by atoms with Crippen LogP contribution in [0.25, 0.3) is 0 Å². The lowest BCUT2D eigenvalue weighted by Gasteiger charge is -2.20. The van der Waals surface area contributed by atoms with Gasteiger partial charge in [-0.2, -0.15) is 0 Å². The molecule has 0 aliphatic rings. The lowest BCUT2D eigenvalue weighted by Crippen LogP contribution is -2.43. The molecule has 0 fully saturated rings. The Bertz CT molecular complexity index is 362. The molecule has 3 heteroatoms. The second-order valence-electron chi connectivity index (χ2n) is 5.08. The van der Waals surface area contributed by atoms with Gasteiger partial charge in [0.1, 0.15) is 6.04 Å². The van der Waals surface area contributed by atoms with Crippen LogP contribution in [0, 0.1) is 0 Å². The SMILES string of the molecule is CCCCOC(=O)C(Cc1ccccc1)NC(C)C. The highest BCUT2D eigenvalue weighted by Crippen LogP contribution is 2.06. The summed E-state index contributed by atoms with van der Waals surface area (Å²) in [6.45, 7) is 6.68. The van der Waals surface area contributed by atoms with E-state index < -0.39 is 0 Å². The van der Waals surface area contributed by atoms with Crippen molar-refractivity contribution >= 4 is 5.97 Å². The first kappa shape index (κ1) is 15.7. The predicted molar refractivity (Wildman–Crippen MR) is 78.1 cm³/mol. The highest BCUT2D eigenvalue weighted by Gasteiger charge is 2.20. The van der Waals surface area contributed by atoms with Crippen molar-refractivity contribution in [1.29, 1.82) is 0 Å². The van der Waals surface area contributed by atoms with E-state index >= 15 is 0 Å². The number of hydrogen-bond donors (Lipinski definition) is 1. The normalized spacial score (nSPS) is 12.4. The van der Waals surface area contributed by atoms with E-state index in [1.54, 1.807) is 0 Å². The van der Waals surface area contributed by atoms with Crippen molar-refractivity contribution in [2.45, 2.75) is 52.1 Å². The number of carbonyl (C=O) groups is 1. The standard InChI is InChI=1S/C16H25NO2/c1-4-5-11-19-16(18)15(17-13(2)3)12-14-9-7-6-8-10-14/h6-10,13,15,17H,4-5,11-12H2,1-3H3. The molecule has 3 nitrogen and oxygen atoms in total. The van der Waals surface area contributed by atoms with E-state index in [1.807, 2.05) is 44.2 Å². The fourth-order valence-corrected chi connectivity index (χ4v) is 1.88. The van der Waals surface area contributed by atoms with Crippen LogP contribution in [0.15, 0.2) is 30.3 Å². The van der Waals surface area contributed by atoms with E-state index in [-0.39, 0.29) is 18.1 Å². The molecule has 1 unspecified atom stereocenters. The molecule has 1 rings (SSSR count). The fourth-order valence-electron chi connectivity index (χ4n) is 1.88. The average molecular weight is 263 g/mol. The van der Waals surface area contributed by atoms with Crippen LogP contribution >= 0.6 is 0 Å². The van der Waals surface area contributed by atoms with Crippen molar-refractivity contribution in [2.75, 3.05) is 6.61 Å². The van der Waals surface area contributed by atoms with Crippen molar-refractivity contribution in [3.05, 3.63) is 35.9 Å². The van der Waals surface area contributed by atoms with E-state index in [4.69, 9.17) is 4.74 Å². The summed E-state index contributed by atoms with van der Waals surface area (Å²) in [5.74, 6) is -0.147. The van der Waals surface area contributed by atoms with Crippen LogP contribution < -0.4 is 5.32 Å². The number of carbonyl (C=O) groups excluding carboxylic acids is 1. The van der Waals surface area contributed by atoms with E-state index in [0.29, 0.717) is 13.0 Å². The largest absolute Gasteiger partial charge is 0.465 e. The van der Waals surface area contributed by atoms with Gasteiger partial charge in [0.15, 0.2) is 0 Å². The summed E-state index contributed by atoms with van der Waals surface area (Å²) in [6, 6.07) is 10.0. The van der Waals surface area contributed by atoms with Gasteiger partial charge in [0.25, 0.3) is 0 Å². The third kappa shape index (κ3) is 6.39. The van der Waals surface area contributed by atoms with E-state index in [9.17, 15) is 4.79 Å². The van der Waals surface area contributed by atoms with E-state index in [0.717, 1.165) is 18.4 Å². The zero-order chi connectivity index (χ0) is 14.1. The lowest BCUT2D eigenvalue weighted by atomic mass is 10.1. The second-order valence-corrected chi connectivity index (χ2v) is 5.08. The van der Waals surface area contributed by atoms with Gasteiger partial charge < -0.3 is 10.1 Å². The summed E-state index contributed by atoms with van der Waals surface area (Å²) < 4.78 is 5.32. The number of nitrogens with one attached hydrogen (secondary N) is 1. The summed E-state index contributed by atoms with van der Waals surface area (Å²) >= 11 is 0. The Morgan fingerprint density at radius 2 is 1.95 bits per heavy atom. The summed E-state index contributed by atoms with van der Waals surface area (Å²) in [6.07, 6.45) is 2.63. The molecule has 1 N–H and O–H groups in total. The summed E-state index contributed by atoms with van der Waals surface area (Å²) in [4.78, 5) is 12.1. The Kier molecular flexibility index (Phi) is 7.19. The number of hydrogen-bond acceptors (Lipinski definition) is 3. The lowest BCUT2D eigenvalue weighted by molar-refractivity contribution is -0.146. The molecule has 0 aromatic heterocycles. The molecule has 0 aliphatic heterocycles. The summed E-state index contributed by atoms with van der Waals surface area (Å²) in [5.41, 5.74) is 1.15. The summed E-state index contributed by atoms with van der Waals surface area (Å²) in [5, 5.41) is 3.28. The fraction of sp³-hybridized carbons (Fsp3) is 0.562. The Hall–Kier alpha value is -1.35. The monoisotopic (exact) mass is 263 g/mol. The topological polar surface area (TPSA) is 38.3 Å². The summed E-state index contributed by atoms with van der Waals surface area (Å²) in [7, 11) is 0. The molecule has 0 bridgehead atoms. The second kappa shape index (κ2) is 8.70. The molecule has 0 amide bonds. The number of unbranched alkanes of at least 4 members (excludes halogenated alkanes) is 1. The van der Waals surface area contributed by atoms with Crippen LogP contribution in [0.2, 0.25) is 0 Å². The van der Waals surface area contributed by atoms with Gasteiger partial charge >= 0.3 is 5.97 Å². The van der Waals surface area contributed by atoms with Gasteiger partial charge in [0.05, 0.1) is 6.61 Å². The van der Waals surface area contributed by atoms with Gasteiger partial charge in [-0.25, -0.2) is 0 Å². The molecule has 1 atom stereocenters. The Balaban J connectivity index is 2.58. The molecule has 0 heterocycles. The maximum atomic E-state index is 12.1. The highest BCUT2D eigenvalue weighted by molar-refractivity contribution is 5.76. The maximum Gasteiger partial charge on any atom is 0.323 e. The van der Waals surface area contributed by atoms with Crippen molar-refractivity contribution in [1.82, 2.24) is 5.32 Å². The van der Waals surface area contributed by atoms with Gasteiger partial charge in [-0.15, -0.1) is 0 Å². The van der Waals surface area contributed by atoms with Gasteiger partial charge in [0, 0.05) is 6.04 Å². The molecule has 0 saturated heterocycles. The first-order valence-corrected chi connectivity index (χ1v) is 7.10. The van der Waals surface area contributed by atoms with Crippen LogP contribution in [0.4, 0.5) is 0 Å². The number of benzene rings is 1. The first-order chi connectivity index (χ1) is 9.13. The van der Waals surface area contributed by atoms with Crippen molar-refractivity contribution in [3.63, 3.8) is 0 Å². The molecule has 0 aliphatic carbocycles. The minimum atomic E-state index is -0.265. The minimum absolute atomic E-state index is 0.147. The molecule has 0 saturated carbocycles. The van der Waals surface area contributed by atoms with Gasteiger partial charge in [0.2, 0.25) is 0 Å². The van der Waals surface area contributed by atoms with Gasteiger partial charge in [-0.05, 0) is 18.4 Å². The molecule has 0 spiro atoms. The molecule has 1 aromatic rings. The highest BCUT2D eigenvalue weighted by atomic mass is 16.5. The predicted octanol–water partition coefficient (Wildman–Crippen LogP) is 2.94. The third-order valence-corrected chi connectivity index (χ3v) is 2.84. The van der Waals surface area contributed by atoms with Crippen molar-refractivity contribution in [3.8, 4) is 0 Å². The number of rotatable bonds is 8. The molecule has 1 aromatic carbocycles.